The van der Waals surface area contributed by atoms with Gasteiger partial charge >= 0.3 is 0 Å². The second kappa shape index (κ2) is 12.2. The molecule has 198 valence electrons. The summed E-state index contributed by atoms with van der Waals surface area (Å²) in [6, 6.07) is 40.6. The lowest BCUT2D eigenvalue weighted by Crippen LogP contribution is -2.19. The van der Waals surface area contributed by atoms with Gasteiger partial charge in [0.15, 0.2) is 11.5 Å². The van der Waals surface area contributed by atoms with Crippen LogP contribution in [0.4, 0.5) is 5.82 Å². The van der Waals surface area contributed by atoms with Gasteiger partial charge in [-0.2, -0.15) is 5.10 Å². The van der Waals surface area contributed by atoms with Gasteiger partial charge < -0.3 is 9.47 Å². The van der Waals surface area contributed by atoms with Crippen molar-refractivity contribution >= 4 is 27.5 Å². The average Bonchev–Trinajstić information content (AvgIpc) is 3.46. The highest BCUT2D eigenvalue weighted by Gasteiger charge is 2.31. The van der Waals surface area contributed by atoms with Crippen LogP contribution in [0.3, 0.4) is 0 Å². The van der Waals surface area contributed by atoms with E-state index in [0.717, 1.165) is 44.7 Å². The van der Waals surface area contributed by atoms with Crippen LogP contribution in [0.1, 0.15) is 34.7 Å². The summed E-state index contributed by atoms with van der Waals surface area (Å²) in [5, 5.41) is 7.05. The van der Waals surface area contributed by atoms with Gasteiger partial charge in [0, 0.05) is 17.1 Å². The number of ether oxygens (including phenoxy) is 2. The Bertz CT molecular complexity index is 1590. The van der Waals surface area contributed by atoms with Crippen LogP contribution < -0.4 is 14.5 Å². The topological polar surface area (TPSA) is 47.0 Å². The molecular formula is C34H28BrN3O2. The fraction of sp³-hybridized carbons (Fsp3) is 0.118. The zero-order valence-corrected chi connectivity index (χ0v) is 23.4. The van der Waals surface area contributed by atoms with Crippen molar-refractivity contribution in [1.82, 2.24) is 4.98 Å². The average molecular weight is 591 g/mol. The molecule has 0 N–H and O–H groups in total. The van der Waals surface area contributed by atoms with Crippen molar-refractivity contribution in [3.8, 4) is 11.5 Å². The summed E-state index contributed by atoms with van der Waals surface area (Å²) in [4.78, 5) is 4.61. The van der Waals surface area contributed by atoms with E-state index in [1.807, 2.05) is 77.8 Å². The maximum absolute atomic E-state index is 6.38. The molecule has 0 aliphatic carbocycles. The summed E-state index contributed by atoms with van der Waals surface area (Å²) in [7, 11) is 0. The lowest BCUT2D eigenvalue weighted by atomic mass is 9.98. The molecule has 5 nitrogen and oxygen atoms in total. The minimum absolute atomic E-state index is 0.0499. The quantitative estimate of drug-likeness (QED) is 0.173. The van der Waals surface area contributed by atoms with E-state index in [-0.39, 0.29) is 6.04 Å². The Kier molecular flexibility index (Phi) is 7.87. The number of hydrazone groups is 1. The van der Waals surface area contributed by atoms with Gasteiger partial charge in [-0.3, -0.25) is 0 Å². The number of nitrogens with zero attached hydrogens (tertiary/aromatic N) is 3. The molecule has 0 amide bonds. The molecule has 0 bridgehead atoms. The Morgan fingerprint density at radius 2 is 1.40 bits per heavy atom. The summed E-state index contributed by atoms with van der Waals surface area (Å²) in [6.07, 6.45) is 2.53. The van der Waals surface area contributed by atoms with Crippen molar-refractivity contribution in [2.45, 2.75) is 25.7 Å². The van der Waals surface area contributed by atoms with E-state index in [4.69, 9.17) is 14.6 Å². The molecule has 1 aliphatic heterocycles. The normalized spacial score (nSPS) is 14.6. The molecule has 1 atom stereocenters. The Morgan fingerprint density at radius 1 is 0.700 bits per heavy atom. The molecule has 1 unspecified atom stereocenters. The fourth-order valence-electron chi connectivity index (χ4n) is 4.75. The van der Waals surface area contributed by atoms with Gasteiger partial charge in [0.1, 0.15) is 19.0 Å². The maximum Gasteiger partial charge on any atom is 0.162 e. The molecular weight excluding hydrogens is 562 g/mol. The van der Waals surface area contributed by atoms with Crippen LogP contribution in [0.25, 0.3) is 0 Å². The lowest BCUT2D eigenvalue weighted by molar-refractivity contribution is 0.255. The third-order valence-corrected chi connectivity index (χ3v) is 7.27. The largest absolute Gasteiger partial charge is 0.485 e. The third kappa shape index (κ3) is 6.08. The summed E-state index contributed by atoms with van der Waals surface area (Å²) >= 11 is 3.60. The first-order chi connectivity index (χ1) is 19.7. The molecule has 5 aromatic rings. The Balaban J connectivity index is 1.33. The second-order valence-corrected chi connectivity index (χ2v) is 10.5. The van der Waals surface area contributed by atoms with Gasteiger partial charge in [-0.25, -0.2) is 9.99 Å². The van der Waals surface area contributed by atoms with Crippen LogP contribution in [0.2, 0.25) is 0 Å². The molecule has 0 spiro atoms. The molecule has 1 aromatic heterocycles. The zero-order chi connectivity index (χ0) is 27.1. The van der Waals surface area contributed by atoms with E-state index < -0.39 is 0 Å². The maximum atomic E-state index is 6.38. The fourth-order valence-corrected chi connectivity index (χ4v) is 5.15. The first-order valence-electron chi connectivity index (χ1n) is 13.2. The number of pyridine rings is 1. The number of anilines is 1. The first-order valence-corrected chi connectivity index (χ1v) is 14.0. The molecule has 0 fully saturated rings. The van der Waals surface area contributed by atoms with Crippen LogP contribution in [0.5, 0.6) is 11.5 Å². The molecule has 6 heteroatoms. The number of halogens is 1. The second-order valence-electron chi connectivity index (χ2n) is 9.56. The van der Waals surface area contributed by atoms with E-state index in [0.29, 0.717) is 24.7 Å². The molecule has 0 saturated carbocycles. The highest BCUT2D eigenvalue weighted by atomic mass is 79.9. The van der Waals surface area contributed by atoms with Crippen LogP contribution in [0.15, 0.2) is 137 Å². The molecule has 0 radical (unpaired) electrons. The predicted molar refractivity (Wildman–Crippen MR) is 163 cm³/mol. The summed E-state index contributed by atoms with van der Waals surface area (Å²) < 4.78 is 13.7. The van der Waals surface area contributed by atoms with Crippen molar-refractivity contribution in [3.63, 3.8) is 0 Å². The number of hydrogen-bond acceptors (Lipinski definition) is 5. The standard InChI is InChI=1S/C34H28BrN3O2/c35-29-15-9-14-27(20-29)30-22-31(38(37-30)34-16-7-8-19-36-34)28-17-18-32(39-23-25-10-3-1-4-11-25)33(21-28)40-24-26-12-5-2-6-13-26/h1-21,31H,22-24H2. The van der Waals surface area contributed by atoms with Gasteiger partial charge in [-0.1, -0.05) is 101 Å². The number of benzene rings is 4. The van der Waals surface area contributed by atoms with Gasteiger partial charge in [0.05, 0.1) is 11.8 Å². The minimum Gasteiger partial charge on any atom is -0.485 e. The minimum atomic E-state index is -0.0499. The van der Waals surface area contributed by atoms with Crippen molar-refractivity contribution in [3.05, 3.63) is 154 Å². The summed E-state index contributed by atoms with van der Waals surface area (Å²) in [5.74, 6) is 2.21. The highest BCUT2D eigenvalue weighted by Crippen LogP contribution is 2.40. The van der Waals surface area contributed by atoms with E-state index >= 15 is 0 Å². The molecule has 1 aliphatic rings. The third-order valence-electron chi connectivity index (χ3n) is 6.78. The number of aromatic nitrogens is 1. The Labute approximate surface area is 242 Å². The van der Waals surface area contributed by atoms with E-state index in [1.54, 1.807) is 6.20 Å². The summed E-state index contributed by atoms with van der Waals surface area (Å²) in [5.41, 5.74) is 5.37. The van der Waals surface area contributed by atoms with Crippen molar-refractivity contribution in [1.29, 1.82) is 0 Å². The Hall–Kier alpha value is -4.42. The van der Waals surface area contributed by atoms with Gasteiger partial charge in [0.25, 0.3) is 0 Å². The van der Waals surface area contributed by atoms with E-state index in [2.05, 4.69) is 69.4 Å². The molecule has 6 rings (SSSR count). The van der Waals surface area contributed by atoms with Gasteiger partial charge in [-0.15, -0.1) is 0 Å². The first kappa shape index (κ1) is 25.8. The zero-order valence-electron chi connectivity index (χ0n) is 21.9. The van der Waals surface area contributed by atoms with Gasteiger partial charge in [0.2, 0.25) is 0 Å². The van der Waals surface area contributed by atoms with Gasteiger partial charge in [-0.05, 0) is 58.7 Å². The monoisotopic (exact) mass is 589 g/mol. The van der Waals surface area contributed by atoms with Crippen LogP contribution in [-0.4, -0.2) is 10.7 Å². The summed E-state index contributed by atoms with van der Waals surface area (Å²) in [6.45, 7) is 0.905. The van der Waals surface area contributed by atoms with Crippen molar-refractivity contribution in [2.24, 2.45) is 5.10 Å². The van der Waals surface area contributed by atoms with Crippen LogP contribution in [-0.2, 0) is 13.2 Å². The van der Waals surface area contributed by atoms with Crippen molar-refractivity contribution in [2.75, 3.05) is 5.01 Å². The van der Waals surface area contributed by atoms with E-state index in [9.17, 15) is 0 Å². The lowest BCUT2D eigenvalue weighted by Gasteiger charge is -2.24. The number of hydrogen-bond donors (Lipinski definition) is 0. The van der Waals surface area contributed by atoms with Crippen molar-refractivity contribution < 1.29 is 9.47 Å². The molecule has 0 saturated heterocycles. The van der Waals surface area contributed by atoms with Crippen LogP contribution in [0, 0.1) is 0 Å². The predicted octanol–water partition coefficient (Wildman–Crippen LogP) is 8.36. The molecule has 4 aromatic carbocycles. The Morgan fingerprint density at radius 3 is 2.08 bits per heavy atom. The van der Waals surface area contributed by atoms with E-state index in [1.165, 1.54) is 0 Å². The highest BCUT2D eigenvalue weighted by molar-refractivity contribution is 9.10. The smallest absolute Gasteiger partial charge is 0.162 e. The molecule has 40 heavy (non-hydrogen) atoms. The molecule has 2 heterocycles. The SMILES string of the molecule is Brc1cccc(C2=NN(c3ccccn3)C(c3ccc(OCc4ccccc4)c(OCc4ccccc4)c3)C2)c1. The number of rotatable bonds is 9. The van der Waals surface area contributed by atoms with Crippen LogP contribution >= 0.6 is 15.9 Å².